The van der Waals surface area contributed by atoms with Crippen molar-refractivity contribution >= 4 is 11.3 Å². The van der Waals surface area contributed by atoms with Crippen LogP contribution in [0.3, 0.4) is 0 Å². The Kier molecular flexibility index (Phi) is 2.98. The second-order valence-corrected chi connectivity index (χ2v) is 5.12. The maximum atomic E-state index is 10.9. The summed E-state index contributed by atoms with van der Waals surface area (Å²) in [6.07, 6.45) is 3.34. The zero-order valence-electron chi connectivity index (χ0n) is 10.8. The lowest BCUT2D eigenvalue weighted by Crippen LogP contribution is -2.09. The van der Waals surface area contributed by atoms with Gasteiger partial charge in [0.15, 0.2) is 5.75 Å². The van der Waals surface area contributed by atoms with Gasteiger partial charge in [-0.1, -0.05) is 6.08 Å². The first kappa shape index (κ1) is 12.2. The molecule has 1 saturated heterocycles. The number of ether oxygens (including phenoxy) is 1. The molecule has 0 amide bonds. The quantitative estimate of drug-likeness (QED) is 0.668. The van der Waals surface area contributed by atoms with Crippen LogP contribution < -0.4 is 10.1 Å². The van der Waals surface area contributed by atoms with Crippen LogP contribution in [0.25, 0.3) is 5.57 Å². The van der Waals surface area contributed by atoms with Gasteiger partial charge in [0.25, 0.3) is 0 Å². The van der Waals surface area contributed by atoms with Gasteiger partial charge >= 0.3 is 5.69 Å². The third kappa shape index (κ3) is 2.10. The number of nitro groups is 1. The van der Waals surface area contributed by atoms with Crippen LogP contribution in [-0.4, -0.2) is 25.1 Å². The largest absolute Gasteiger partial charge is 0.490 e. The van der Waals surface area contributed by atoms with E-state index in [2.05, 4.69) is 11.4 Å². The molecule has 0 spiro atoms. The highest BCUT2D eigenvalue weighted by atomic mass is 16.6. The molecule has 1 heterocycles. The zero-order chi connectivity index (χ0) is 13.4. The molecule has 0 radical (unpaired) electrons. The Balaban J connectivity index is 1.92. The standard InChI is InChI=1S/C14H16N2O3/c1-19-14-6-9(2-3-13(14)16(17)18)10-4-11-7-15-8-12(11)5-10/h2-4,6,11-12,15H,5,7-8H2,1H3/t11-,12+/m1/s1. The number of benzene rings is 1. The predicted molar refractivity (Wildman–Crippen MR) is 72.1 cm³/mol. The van der Waals surface area contributed by atoms with Crippen LogP contribution in [0.15, 0.2) is 24.3 Å². The Morgan fingerprint density at radius 3 is 2.95 bits per heavy atom. The molecule has 0 unspecified atom stereocenters. The van der Waals surface area contributed by atoms with Crippen molar-refractivity contribution in [1.82, 2.24) is 5.32 Å². The van der Waals surface area contributed by atoms with E-state index in [1.165, 1.54) is 18.7 Å². The topological polar surface area (TPSA) is 64.4 Å². The molecule has 1 N–H and O–H groups in total. The molecule has 5 heteroatoms. The number of nitro benzene ring substituents is 1. The molecule has 1 aromatic rings. The van der Waals surface area contributed by atoms with Crippen LogP contribution in [0.4, 0.5) is 5.69 Å². The van der Waals surface area contributed by atoms with Gasteiger partial charge in [0.2, 0.25) is 0 Å². The number of hydrogen-bond donors (Lipinski definition) is 1. The Hall–Kier alpha value is -1.88. The number of rotatable bonds is 3. The van der Waals surface area contributed by atoms with E-state index in [-0.39, 0.29) is 5.69 Å². The smallest absolute Gasteiger partial charge is 0.310 e. The minimum atomic E-state index is -0.412. The lowest BCUT2D eigenvalue weighted by Gasteiger charge is -2.08. The van der Waals surface area contributed by atoms with Crippen LogP contribution in [0.1, 0.15) is 12.0 Å². The van der Waals surface area contributed by atoms with Gasteiger partial charge in [0.1, 0.15) is 0 Å². The van der Waals surface area contributed by atoms with E-state index in [0.717, 1.165) is 25.1 Å². The molecular formula is C14H16N2O3. The summed E-state index contributed by atoms with van der Waals surface area (Å²) in [5, 5.41) is 14.3. The number of fused-ring (bicyclic) bond motifs is 1. The van der Waals surface area contributed by atoms with Gasteiger partial charge in [-0.2, -0.15) is 0 Å². The minimum absolute atomic E-state index is 0.0201. The Labute approximate surface area is 111 Å². The number of hydrogen-bond acceptors (Lipinski definition) is 4. The number of nitrogens with one attached hydrogen (secondary N) is 1. The molecule has 0 bridgehead atoms. The van der Waals surface area contributed by atoms with Crippen LogP contribution in [0.2, 0.25) is 0 Å². The fourth-order valence-electron chi connectivity index (χ4n) is 3.02. The Morgan fingerprint density at radius 2 is 2.26 bits per heavy atom. The maximum absolute atomic E-state index is 10.9. The number of methoxy groups -OCH3 is 1. The average Bonchev–Trinajstić information content (AvgIpc) is 2.98. The van der Waals surface area contributed by atoms with Crippen molar-refractivity contribution < 1.29 is 9.66 Å². The van der Waals surface area contributed by atoms with Gasteiger partial charge in [-0.3, -0.25) is 10.1 Å². The molecule has 5 nitrogen and oxygen atoms in total. The van der Waals surface area contributed by atoms with Gasteiger partial charge in [0.05, 0.1) is 12.0 Å². The fourth-order valence-corrected chi connectivity index (χ4v) is 3.02. The molecule has 1 aliphatic carbocycles. The third-order valence-corrected chi connectivity index (χ3v) is 4.04. The molecule has 100 valence electrons. The SMILES string of the molecule is COc1cc(C2=C[C@@H]3CNC[C@@H]3C2)ccc1[N+](=O)[O-]. The van der Waals surface area contributed by atoms with Crippen molar-refractivity contribution in [2.24, 2.45) is 11.8 Å². The predicted octanol–water partition coefficient (Wildman–Crippen LogP) is 2.23. The van der Waals surface area contributed by atoms with Crippen molar-refractivity contribution in [2.45, 2.75) is 6.42 Å². The van der Waals surface area contributed by atoms with Gasteiger partial charge in [-0.25, -0.2) is 0 Å². The Morgan fingerprint density at radius 1 is 1.42 bits per heavy atom. The molecule has 19 heavy (non-hydrogen) atoms. The second kappa shape index (κ2) is 4.66. The molecule has 1 aliphatic heterocycles. The summed E-state index contributed by atoms with van der Waals surface area (Å²) in [4.78, 5) is 10.5. The summed E-state index contributed by atoms with van der Waals surface area (Å²) < 4.78 is 5.12. The molecule has 2 atom stereocenters. The van der Waals surface area contributed by atoms with Crippen LogP contribution >= 0.6 is 0 Å². The minimum Gasteiger partial charge on any atom is -0.490 e. The van der Waals surface area contributed by atoms with E-state index in [0.29, 0.717) is 17.6 Å². The van der Waals surface area contributed by atoms with Gasteiger partial charge in [0, 0.05) is 12.6 Å². The molecular weight excluding hydrogens is 244 g/mol. The average molecular weight is 260 g/mol. The van der Waals surface area contributed by atoms with Crippen molar-refractivity contribution in [3.63, 3.8) is 0 Å². The molecule has 0 saturated carbocycles. The monoisotopic (exact) mass is 260 g/mol. The van der Waals surface area contributed by atoms with E-state index < -0.39 is 4.92 Å². The number of nitrogens with zero attached hydrogens (tertiary/aromatic N) is 1. The first-order valence-corrected chi connectivity index (χ1v) is 6.43. The Bertz CT molecular complexity index is 554. The van der Waals surface area contributed by atoms with Gasteiger partial charge in [-0.05, 0) is 48.1 Å². The highest BCUT2D eigenvalue weighted by Gasteiger charge is 2.32. The van der Waals surface area contributed by atoms with Crippen LogP contribution in [0, 0.1) is 22.0 Å². The lowest BCUT2D eigenvalue weighted by atomic mass is 9.98. The fraction of sp³-hybridized carbons (Fsp3) is 0.429. The zero-order valence-corrected chi connectivity index (χ0v) is 10.8. The first-order valence-electron chi connectivity index (χ1n) is 6.43. The molecule has 0 aromatic heterocycles. The lowest BCUT2D eigenvalue weighted by molar-refractivity contribution is -0.385. The van der Waals surface area contributed by atoms with Crippen molar-refractivity contribution in [2.75, 3.05) is 20.2 Å². The van der Waals surface area contributed by atoms with Crippen molar-refractivity contribution in [1.29, 1.82) is 0 Å². The highest BCUT2D eigenvalue weighted by molar-refractivity contribution is 5.71. The second-order valence-electron chi connectivity index (χ2n) is 5.12. The van der Waals surface area contributed by atoms with Crippen LogP contribution in [-0.2, 0) is 0 Å². The van der Waals surface area contributed by atoms with Gasteiger partial charge in [-0.15, -0.1) is 0 Å². The summed E-state index contributed by atoms with van der Waals surface area (Å²) in [6.45, 7) is 2.10. The van der Waals surface area contributed by atoms with E-state index in [4.69, 9.17) is 4.74 Å². The normalized spacial score (nSPS) is 25.0. The summed E-state index contributed by atoms with van der Waals surface area (Å²) in [5.41, 5.74) is 2.34. The van der Waals surface area contributed by atoms with Crippen molar-refractivity contribution in [3.8, 4) is 5.75 Å². The first-order chi connectivity index (χ1) is 9.19. The summed E-state index contributed by atoms with van der Waals surface area (Å²) in [5.74, 6) is 1.62. The van der Waals surface area contributed by atoms with E-state index in [1.54, 1.807) is 6.07 Å². The maximum Gasteiger partial charge on any atom is 0.310 e. The summed E-state index contributed by atoms with van der Waals surface area (Å²) in [6, 6.07) is 5.13. The number of allylic oxidation sites excluding steroid dienone is 1. The van der Waals surface area contributed by atoms with Gasteiger partial charge < -0.3 is 10.1 Å². The molecule has 2 aliphatic rings. The highest BCUT2D eigenvalue weighted by Crippen LogP contribution is 2.40. The third-order valence-electron chi connectivity index (χ3n) is 4.04. The van der Waals surface area contributed by atoms with Crippen LogP contribution in [0.5, 0.6) is 5.75 Å². The molecule has 1 aromatic carbocycles. The molecule has 3 rings (SSSR count). The van der Waals surface area contributed by atoms with E-state index in [1.807, 2.05) is 6.07 Å². The van der Waals surface area contributed by atoms with E-state index in [9.17, 15) is 10.1 Å². The molecule has 1 fully saturated rings. The summed E-state index contributed by atoms with van der Waals surface area (Å²) >= 11 is 0. The summed E-state index contributed by atoms with van der Waals surface area (Å²) in [7, 11) is 1.47. The van der Waals surface area contributed by atoms with E-state index >= 15 is 0 Å². The van der Waals surface area contributed by atoms with Crippen molar-refractivity contribution in [3.05, 3.63) is 40.0 Å².